The average molecular weight is 378 g/mol. The smallest absolute Gasteiger partial charge is 0.213 e. The fourth-order valence-electron chi connectivity index (χ4n) is 2.83. The Bertz CT molecular complexity index is 869. The highest BCUT2D eigenvalue weighted by molar-refractivity contribution is 5.46. The monoisotopic (exact) mass is 378 g/mol. The molecule has 0 amide bonds. The molecule has 2 aromatic carbocycles. The van der Waals surface area contributed by atoms with E-state index < -0.39 is 0 Å². The van der Waals surface area contributed by atoms with Crippen molar-refractivity contribution in [2.24, 2.45) is 0 Å². The molecule has 1 heterocycles. The van der Waals surface area contributed by atoms with Crippen molar-refractivity contribution in [3.8, 4) is 17.4 Å². The summed E-state index contributed by atoms with van der Waals surface area (Å²) in [6.07, 6.45) is 1.72. The zero-order chi connectivity index (χ0) is 19.6. The summed E-state index contributed by atoms with van der Waals surface area (Å²) in [5.41, 5.74) is 3.42. The van der Waals surface area contributed by atoms with Gasteiger partial charge in [-0.2, -0.15) is 0 Å². The van der Waals surface area contributed by atoms with Crippen LogP contribution in [0.15, 0.2) is 66.9 Å². The minimum atomic E-state index is 0.503. The highest BCUT2D eigenvalue weighted by Gasteiger charge is 2.11. The van der Waals surface area contributed by atoms with Gasteiger partial charge in [-0.3, -0.25) is 0 Å². The van der Waals surface area contributed by atoms with Gasteiger partial charge in [0.05, 0.1) is 7.11 Å². The van der Waals surface area contributed by atoms with E-state index in [-0.39, 0.29) is 0 Å². The van der Waals surface area contributed by atoms with E-state index in [1.165, 1.54) is 5.56 Å². The number of ether oxygens (including phenoxy) is 3. The lowest BCUT2D eigenvalue weighted by Crippen LogP contribution is -2.21. The second-order valence-electron chi connectivity index (χ2n) is 6.36. The van der Waals surface area contributed by atoms with Crippen LogP contribution in [0.5, 0.6) is 17.4 Å². The fraction of sp³-hybridized carbons (Fsp3) is 0.261. The molecule has 0 fully saturated rings. The number of para-hydroxylation sites is 1. The quantitative estimate of drug-likeness (QED) is 0.537. The third-order valence-electron chi connectivity index (χ3n) is 4.40. The number of pyridine rings is 1. The molecule has 0 atom stereocenters. The second kappa shape index (κ2) is 10.3. The zero-order valence-corrected chi connectivity index (χ0v) is 16.4. The van der Waals surface area contributed by atoms with Gasteiger partial charge in [0.25, 0.3) is 0 Å². The number of aromatic nitrogens is 1. The fourth-order valence-corrected chi connectivity index (χ4v) is 2.83. The molecule has 0 radical (unpaired) electrons. The van der Waals surface area contributed by atoms with Crippen LogP contribution in [0.4, 0.5) is 0 Å². The Hall–Kier alpha value is -3.05. The first kappa shape index (κ1) is 19.7. The molecule has 3 rings (SSSR count). The molecule has 0 saturated carbocycles. The molecular weight excluding hydrogens is 352 g/mol. The molecule has 28 heavy (non-hydrogen) atoms. The number of methoxy groups -OCH3 is 1. The summed E-state index contributed by atoms with van der Waals surface area (Å²) in [6.45, 7) is 4.49. The van der Waals surface area contributed by atoms with Crippen LogP contribution in [-0.2, 0) is 13.2 Å². The maximum absolute atomic E-state index is 6.15. The minimum Gasteiger partial charge on any atom is -0.493 e. The first-order valence-corrected chi connectivity index (χ1v) is 9.35. The van der Waals surface area contributed by atoms with Crippen molar-refractivity contribution in [2.45, 2.75) is 20.1 Å². The third-order valence-corrected chi connectivity index (χ3v) is 4.40. The summed E-state index contributed by atoms with van der Waals surface area (Å²) in [6, 6.07) is 19.8. The van der Waals surface area contributed by atoms with Crippen molar-refractivity contribution in [2.75, 3.05) is 20.3 Å². The van der Waals surface area contributed by atoms with Crippen LogP contribution in [-0.4, -0.2) is 25.2 Å². The Morgan fingerprint density at radius 2 is 1.71 bits per heavy atom. The third kappa shape index (κ3) is 5.47. The van der Waals surface area contributed by atoms with Gasteiger partial charge in [-0.25, -0.2) is 4.98 Å². The van der Waals surface area contributed by atoms with Gasteiger partial charge in [-0.15, -0.1) is 0 Å². The van der Waals surface area contributed by atoms with Crippen LogP contribution in [0.1, 0.15) is 16.7 Å². The van der Waals surface area contributed by atoms with E-state index in [1.54, 1.807) is 13.3 Å². The Labute approximate surface area is 166 Å². The molecule has 0 spiro atoms. The largest absolute Gasteiger partial charge is 0.493 e. The molecule has 146 valence electrons. The summed E-state index contributed by atoms with van der Waals surface area (Å²) in [5, 5.41) is 3.38. The van der Waals surface area contributed by atoms with E-state index in [1.807, 2.05) is 48.5 Å². The lowest BCUT2D eigenvalue weighted by atomic mass is 10.1. The van der Waals surface area contributed by atoms with Crippen LogP contribution < -0.4 is 19.5 Å². The molecule has 0 aliphatic carbocycles. The predicted octanol–water partition coefficient (Wildman–Crippen LogP) is 4.15. The average Bonchev–Trinajstić information content (AvgIpc) is 2.74. The van der Waals surface area contributed by atoms with Gasteiger partial charge in [-0.1, -0.05) is 42.5 Å². The van der Waals surface area contributed by atoms with Crippen LogP contribution >= 0.6 is 0 Å². The van der Waals surface area contributed by atoms with E-state index >= 15 is 0 Å². The SMILES string of the molecule is COc1cccc(CNCCOc2ccccn2)c1OCc1ccccc1C. The summed E-state index contributed by atoms with van der Waals surface area (Å²) in [7, 11) is 1.66. The molecule has 1 aromatic heterocycles. The summed E-state index contributed by atoms with van der Waals surface area (Å²) in [4.78, 5) is 4.15. The first-order chi connectivity index (χ1) is 13.8. The molecule has 0 aliphatic heterocycles. The number of hydrogen-bond acceptors (Lipinski definition) is 5. The van der Waals surface area contributed by atoms with E-state index in [9.17, 15) is 0 Å². The standard InChI is InChI=1S/C23H26N2O3/c1-18-8-3-4-9-20(18)17-28-23-19(10-7-11-21(23)26-2)16-24-14-15-27-22-12-5-6-13-25-22/h3-13,24H,14-17H2,1-2H3. The molecular formula is C23H26N2O3. The molecule has 0 aliphatic rings. The Morgan fingerprint density at radius 1 is 0.893 bits per heavy atom. The molecule has 5 nitrogen and oxygen atoms in total. The maximum atomic E-state index is 6.15. The number of nitrogens with zero attached hydrogens (tertiary/aromatic N) is 1. The van der Waals surface area contributed by atoms with Gasteiger partial charge in [0.1, 0.15) is 13.2 Å². The highest BCUT2D eigenvalue weighted by Crippen LogP contribution is 2.32. The van der Waals surface area contributed by atoms with Gasteiger partial charge in [-0.05, 0) is 30.2 Å². The Kier molecular flexibility index (Phi) is 7.27. The van der Waals surface area contributed by atoms with Crippen molar-refractivity contribution in [1.82, 2.24) is 10.3 Å². The summed E-state index contributed by atoms with van der Waals surface area (Å²) >= 11 is 0. The van der Waals surface area contributed by atoms with Gasteiger partial charge in [0.2, 0.25) is 5.88 Å². The lowest BCUT2D eigenvalue weighted by Gasteiger charge is -2.16. The van der Waals surface area contributed by atoms with Gasteiger partial charge >= 0.3 is 0 Å². The minimum absolute atomic E-state index is 0.503. The predicted molar refractivity (Wildman–Crippen MR) is 110 cm³/mol. The Morgan fingerprint density at radius 3 is 2.50 bits per heavy atom. The topological polar surface area (TPSA) is 52.6 Å². The van der Waals surface area contributed by atoms with Crippen molar-refractivity contribution in [1.29, 1.82) is 0 Å². The van der Waals surface area contributed by atoms with Crippen molar-refractivity contribution < 1.29 is 14.2 Å². The molecule has 5 heteroatoms. The summed E-state index contributed by atoms with van der Waals surface area (Å²) in [5.74, 6) is 2.14. The van der Waals surface area contributed by atoms with E-state index in [0.29, 0.717) is 32.2 Å². The van der Waals surface area contributed by atoms with E-state index in [4.69, 9.17) is 14.2 Å². The molecule has 0 saturated heterocycles. The van der Waals surface area contributed by atoms with Crippen LogP contribution in [0.3, 0.4) is 0 Å². The summed E-state index contributed by atoms with van der Waals surface area (Å²) < 4.78 is 17.3. The van der Waals surface area contributed by atoms with Crippen LogP contribution in [0, 0.1) is 6.92 Å². The molecule has 0 bridgehead atoms. The second-order valence-corrected chi connectivity index (χ2v) is 6.36. The Balaban J connectivity index is 1.57. The molecule has 3 aromatic rings. The molecule has 0 unspecified atom stereocenters. The lowest BCUT2D eigenvalue weighted by molar-refractivity contribution is 0.278. The number of hydrogen-bond donors (Lipinski definition) is 1. The van der Waals surface area contributed by atoms with Gasteiger partial charge in [0, 0.05) is 30.9 Å². The van der Waals surface area contributed by atoms with Crippen molar-refractivity contribution in [3.63, 3.8) is 0 Å². The number of aryl methyl sites for hydroxylation is 1. The van der Waals surface area contributed by atoms with Crippen molar-refractivity contribution in [3.05, 3.63) is 83.6 Å². The van der Waals surface area contributed by atoms with Gasteiger partial charge < -0.3 is 19.5 Å². The highest BCUT2D eigenvalue weighted by atomic mass is 16.5. The first-order valence-electron chi connectivity index (χ1n) is 9.35. The molecule has 1 N–H and O–H groups in total. The van der Waals surface area contributed by atoms with E-state index in [0.717, 1.165) is 22.6 Å². The normalized spacial score (nSPS) is 10.5. The number of nitrogens with one attached hydrogen (secondary N) is 1. The number of benzene rings is 2. The zero-order valence-electron chi connectivity index (χ0n) is 16.4. The maximum Gasteiger partial charge on any atom is 0.213 e. The number of rotatable bonds is 10. The van der Waals surface area contributed by atoms with E-state index in [2.05, 4.69) is 29.4 Å². The van der Waals surface area contributed by atoms with Crippen molar-refractivity contribution >= 4 is 0 Å². The van der Waals surface area contributed by atoms with Gasteiger partial charge in [0.15, 0.2) is 11.5 Å². The van der Waals surface area contributed by atoms with Crippen LogP contribution in [0.2, 0.25) is 0 Å². The van der Waals surface area contributed by atoms with Crippen LogP contribution in [0.25, 0.3) is 0 Å².